The van der Waals surface area contributed by atoms with Gasteiger partial charge in [-0.25, -0.2) is 4.52 Å². The molecule has 0 saturated carbocycles. The molecule has 5 heteroatoms. The van der Waals surface area contributed by atoms with E-state index in [1.165, 1.54) is 6.26 Å². The molecule has 18 heavy (non-hydrogen) atoms. The van der Waals surface area contributed by atoms with Crippen LogP contribution >= 0.6 is 0 Å². The van der Waals surface area contributed by atoms with Crippen molar-refractivity contribution in [2.24, 2.45) is 0 Å². The second kappa shape index (κ2) is 4.37. The molecule has 0 fully saturated rings. The first kappa shape index (κ1) is 10.6. The van der Waals surface area contributed by atoms with Crippen LogP contribution in [-0.4, -0.2) is 15.5 Å². The molecule has 0 bridgehead atoms. The SMILES string of the molecule is O=C(NCc1cnn2ccccc12)c1ccco1. The van der Waals surface area contributed by atoms with Crippen molar-refractivity contribution in [2.45, 2.75) is 6.54 Å². The predicted octanol–water partition coefficient (Wildman–Crippen LogP) is 1.86. The first-order valence-corrected chi connectivity index (χ1v) is 5.57. The van der Waals surface area contributed by atoms with Crippen molar-refractivity contribution in [3.05, 3.63) is 60.3 Å². The van der Waals surface area contributed by atoms with Gasteiger partial charge in [0.15, 0.2) is 5.76 Å². The number of fused-ring (bicyclic) bond motifs is 1. The van der Waals surface area contributed by atoms with Crippen molar-refractivity contribution >= 4 is 11.4 Å². The van der Waals surface area contributed by atoms with E-state index in [2.05, 4.69) is 10.4 Å². The number of amides is 1. The molecule has 0 aliphatic rings. The van der Waals surface area contributed by atoms with Crippen molar-refractivity contribution in [2.75, 3.05) is 0 Å². The molecule has 0 aliphatic heterocycles. The molecule has 0 aromatic carbocycles. The van der Waals surface area contributed by atoms with Gasteiger partial charge in [0.25, 0.3) is 5.91 Å². The monoisotopic (exact) mass is 241 g/mol. The van der Waals surface area contributed by atoms with Crippen molar-refractivity contribution in [1.29, 1.82) is 0 Å². The lowest BCUT2D eigenvalue weighted by molar-refractivity contribution is 0.0923. The molecule has 0 saturated heterocycles. The summed E-state index contributed by atoms with van der Waals surface area (Å²) >= 11 is 0. The Kier molecular flexibility index (Phi) is 2.57. The number of nitrogens with one attached hydrogen (secondary N) is 1. The number of rotatable bonds is 3. The quantitative estimate of drug-likeness (QED) is 0.761. The third-order valence-corrected chi connectivity index (χ3v) is 2.69. The summed E-state index contributed by atoms with van der Waals surface area (Å²) in [5.41, 5.74) is 1.95. The van der Waals surface area contributed by atoms with E-state index in [0.29, 0.717) is 12.3 Å². The summed E-state index contributed by atoms with van der Waals surface area (Å²) in [6, 6.07) is 9.12. The minimum Gasteiger partial charge on any atom is -0.459 e. The minimum atomic E-state index is -0.227. The number of aromatic nitrogens is 2. The van der Waals surface area contributed by atoms with Crippen LogP contribution in [0.3, 0.4) is 0 Å². The zero-order valence-corrected chi connectivity index (χ0v) is 9.54. The summed E-state index contributed by atoms with van der Waals surface area (Å²) < 4.78 is 6.79. The second-order valence-corrected chi connectivity index (χ2v) is 3.86. The normalized spacial score (nSPS) is 10.7. The standard InChI is InChI=1S/C13H11N3O2/c17-13(12-5-3-7-18-12)14-8-10-9-15-16-6-2-1-4-11(10)16/h1-7,9H,8H2,(H,14,17). The Morgan fingerprint density at radius 3 is 3.11 bits per heavy atom. The fourth-order valence-corrected chi connectivity index (χ4v) is 1.79. The average molecular weight is 241 g/mol. The summed E-state index contributed by atoms with van der Waals surface area (Å²) in [4.78, 5) is 11.7. The molecule has 3 heterocycles. The molecule has 90 valence electrons. The fraction of sp³-hybridized carbons (Fsp3) is 0.0769. The van der Waals surface area contributed by atoms with Crippen LogP contribution in [0.15, 0.2) is 53.4 Å². The van der Waals surface area contributed by atoms with Gasteiger partial charge in [0.2, 0.25) is 0 Å². The highest BCUT2D eigenvalue weighted by Crippen LogP contribution is 2.09. The average Bonchev–Trinajstić information content (AvgIpc) is 3.06. The zero-order valence-electron chi connectivity index (χ0n) is 9.54. The topological polar surface area (TPSA) is 59.5 Å². The minimum absolute atomic E-state index is 0.227. The van der Waals surface area contributed by atoms with Gasteiger partial charge in [-0.05, 0) is 24.3 Å². The van der Waals surface area contributed by atoms with Crippen LogP contribution in [0.4, 0.5) is 0 Å². The molecule has 0 unspecified atom stereocenters. The van der Waals surface area contributed by atoms with Crippen LogP contribution in [0.2, 0.25) is 0 Å². The molecule has 0 radical (unpaired) electrons. The van der Waals surface area contributed by atoms with Gasteiger partial charge in [-0.3, -0.25) is 4.79 Å². The van der Waals surface area contributed by atoms with Crippen LogP contribution in [-0.2, 0) is 6.54 Å². The Bertz CT molecular complexity index is 670. The molecular formula is C13H11N3O2. The highest BCUT2D eigenvalue weighted by Gasteiger charge is 2.09. The van der Waals surface area contributed by atoms with Crippen LogP contribution in [0.1, 0.15) is 16.1 Å². The van der Waals surface area contributed by atoms with Crippen LogP contribution < -0.4 is 5.32 Å². The van der Waals surface area contributed by atoms with Gasteiger partial charge in [0.1, 0.15) is 0 Å². The van der Waals surface area contributed by atoms with Crippen LogP contribution in [0.5, 0.6) is 0 Å². The fourth-order valence-electron chi connectivity index (χ4n) is 1.79. The van der Waals surface area contributed by atoms with Crippen molar-refractivity contribution in [1.82, 2.24) is 14.9 Å². The van der Waals surface area contributed by atoms with Gasteiger partial charge < -0.3 is 9.73 Å². The maximum absolute atomic E-state index is 11.7. The summed E-state index contributed by atoms with van der Waals surface area (Å²) in [6.07, 6.45) is 5.09. The van der Waals surface area contributed by atoms with E-state index < -0.39 is 0 Å². The smallest absolute Gasteiger partial charge is 0.287 e. The van der Waals surface area contributed by atoms with Gasteiger partial charge in [-0.15, -0.1) is 0 Å². The maximum Gasteiger partial charge on any atom is 0.287 e. The lowest BCUT2D eigenvalue weighted by atomic mass is 10.2. The van der Waals surface area contributed by atoms with Gasteiger partial charge in [-0.1, -0.05) is 6.07 Å². The van der Waals surface area contributed by atoms with E-state index in [9.17, 15) is 4.79 Å². The summed E-state index contributed by atoms with van der Waals surface area (Å²) in [5.74, 6) is 0.0850. The molecular weight excluding hydrogens is 230 g/mol. The zero-order chi connectivity index (χ0) is 12.4. The Balaban J connectivity index is 1.76. The van der Waals surface area contributed by atoms with Gasteiger partial charge >= 0.3 is 0 Å². The van der Waals surface area contributed by atoms with Crippen LogP contribution in [0.25, 0.3) is 5.52 Å². The number of hydrogen-bond donors (Lipinski definition) is 1. The number of nitrogens with zero attached hydrogens (tertiary/aromatic N) is 2. The maximum atomic E-state index is 11.7. The molecule has 1 amide bonds. The number of pyridine rings is 1. The highest BCUT2D eigenvalue weighted by molar-refractivity contribution is 5.91. The van der Waals surface area contributed by atoms with E-state index in [1.807, 2.05) is 24.4 Å². The van der Waals surface area contributed by atoms with Crippen molar-refractivity contribution in [3.63, 3.8) is 0 Å². The molecule has 0 aliphatic carbocycles. The van der Waals surface area contributed by atoms with E-state index in [4.69, 9.17) is 4.42 Å². The van der Waals surface area contributed by atoms with Crippen molar-refractivity contribution < 1.29 is 9.21 Å². The lowest BCUT2D eigenvalue weighted by Crippen LogP contribution is -2.22. The number of carbonyl (C=O) groups is 1. The molecule has 3 aromatic heterocycles. The van der Waals surface area contributed by atoms with Crippen molar-refractivity contribution in [3.8, 4) is 0 Å². The van der Waals surface area contributed by atoms with Gasteiger partial charge in [-0.2, -0.15) is 5.10 Å². The molecule has 0 spiro atoms. The molecule has 3 rings (SSSR count). The van der Waals surface area contributed by atoms with E-state index >= 15 is 0 Å². The van der Waals surface area contributed by atoms with Gasteiger partial charge in [0, 0.05) is 18.3 Å². The van der Waals surface area contributed by atoms with E-state index in [-0.39, 0.29) is 5.91 Å². The number of hydrogen-bond acceptors (Lipinski definition) is 3. The predicted molar refractivity (Wildman–Crippen MR) is 65.1 cm³/mol. The summed E-state index contributed by atoms with van der Waals surface area (Å²) in [7, 11) is 0. The number of furan rings is 1. The van der Waals surface area contributed by atoms with Gasteiger partial charge in [0.05, 0.1) is 18.0 Å². The Labute approximate surface area is 103 Å². The summed E-state index contributed by atoms with van der Waals surface area (Å²) in [5, 5.41) is 6.99. The Morgan fingerprint density at radius 1 is 1.33 bits per heavy atom. The third-order valence-electron chi connectivity index (χ3n) is 2.69. The highest BCUT2D eigenvalue weighted by atomic mass is 16.3. The Morgan fingerprint density at radius 2 is 2.28 bits per heavy atom. The first-order chi connectivity index (χ1) is 8.84. The van der Waals surface area contributed by atoms with E-state index in [0.717, 1.165) is 11.1 Å². The molecule has 5 nitrogen and oxygen atoms in total. The molecule has 3 aromatic rings. The molecule has 1 N–H and O–H groups in total. The van der Waals surface area contributed by atoms with E-state index in [1.54, 1.807) is 22.8 Å². The lowest BCUT2D eigenvalue weighted by Gasteiger charge is -2.01. The third kappa shape index (κ3) is 1.86. The molecule has 0 atom stereocenters. The number of carbonyl (C=O) groups excluding carboxylic acids is 1. The first-order valence-electron chi connectivity index (χ1n) is 5.57. The second-order valence-electron chi connectivity index (χ2n) is 3.86. The largest absolute Gasteiger partial charge is 0.459 e. The Hall–Kier alpha value is -2.56. The summed E-state index contributed by atoms with van der Waals surface area (Å²) in [6.45, 7) is 0.424. The van der Waals surface area contributed by atoms with Crippen LogP contribution in [0, 0.1) is 0 Å².